The van der Waals surface area contributed by atoms with Crippen LogP contribution >= 0.6 is 0 Å². The van der Waals surface area contributed by atoms with Gasteiger partial charge in [-0.1, -0.05) is 31.0 Å². The first-order valence-corrected chi connectivity index (χ1v) is 12.8. The highest BCUT2D eigenvalue weighted by Crippen LogP contribution is 2.35. The first-order chi connectivity index (χ1) is 17.5. The lowest BCUT2D eigenvalue weighted by Crippen LogP contribution is -2.58. The van der Waals surface area contributed by atoms with Gasteiger partial charge in [-0.05, 0) is 49.8 Å². The van der Waals surface area contributed by atoms with Crippen LogP contribution in [-0.4, -0.2) is 59.8 Å². The molecule has 3 amide bonds. The van der Waals surface area contributed by atoms with Gasteiger partial charge in [0.25, 0.3) is 11.8 Å². The molecule has 0 aromatic heterocycles. The Morgan fingerprint density at radius 1 is 1.06 bits per heavy atom. The van der Waals surface area contributed by atoms with E-state index in [4.69, 9.17) is 4.74 Å². The van der Waals surface area contributed by atoms with Crippen molar-refractivity contribution in [2.45, 2.75) is 57.2 Å². The van der Waals surface area contributed by atoms with Gasteiger partial charge in [0.2, 0.25) is 5.91 Å². The van der Waals surface area contributed by atoms with Gasteiger partial charge in [0, 0.05) is 30.8 Å². The number of fused-ring (bicyclic) bond motifs is 2. The SMILES string of the molecule is COc1ccc(CN[C@H](CN2C(=O)c3ccccc3C2=O)C(=O)N2CCC[C@H]3CCCC[C@@H]32)c(F)c1. The highest BCUT2D eigenvalue weighted by molar-refractivity contribution is 6.21. The van der Waals surface area contributed by atoms with Crippen LogP contribution in [0.3, 0.4) is 0 Å². The standard InChI is InChI=1S/C28H32FN3O4/c1-36-20-13-12-19(23(29)15-20)16-30-24(17-32-26(33)21-9-3-4-10-22(21)27(32)34)28(35)31-14-6-8-18-7-2-5-11-25(18)31/h3-4,9-10,12-13,15,18,24-25,30H,2,5-8,11,14,16-17H2,1H3/t18-,24-,25+/m1/s1. The van der Waals surface area contributed by atoms with Crippen molar-refractivity contribution >= 4 is 17.7 Å². The lowest BCUT2D eigenvalue weighted by atomic mass is 9.78. The van der Waals surface area contributed by atoms with Gasteiger partial charge in [0.05, 0.1) is 24.8 Å². The maximum atomic E-state index is 14.6. The number of nitrogens with zero attached hydrogens (tertiary/aromatic N) is 2. The molecule has 2 fully saturated rings. The third-order valence-corrected chi connectivity index (χ3v) is 7.87. The number of benzene rings is 2. The van der Waals surface area contributed by atoms with Gasteiger partial charge >= 0.3 is 0 Å². The molecule has 1 aliphatic carbocycles. The number of halogens is 1. The molecule has 0 radical (unpaired) electrons. The first kappa shape index (κ1) is 24.4. The quantitative estimate of drug-likeness (QED) is 0.594. The van der Waals surface area contributed by atoms with Crippen LogP contribution in [0, 0.1) is 11.7 Å². The minimum absolute atomic E-state index is 0.0807. The molecule has 36 heavy (non-hydrogen) atoms. The molecule has 5 rings (SSSR count). The minimum Gasteiger partial charge on any atom is -0.497 e. The average Bonchev–Trinajstić information content (AvgIpc) is 3.15. The molecule has 2 aromatic carbocycles. The van der Waals surface area contributed by atoms with Crippen LogP contribution in [0.25, 0.3) is 0 Å². The summed E-state index contributed by atoms with van der Waals surface area (Å²) in [6, 6.07) is 10.6. The van der Waals surface area contributed by atoms with Crippen LogP contribution < -0.4 is 10.1 Å². The second-order valence-corrected chi connectivity index (χ2v) is 9.94. The fourth-order valence-corrected chi connectivity index (χ4v) is 5.95. The lowest BCUT2D eigenvalue weighted by molar-refractivity contribution is -0.140. The number of rotatable bonds is 7. The molecule has 7 nitrogen and oxygen atoms in total. The lowest BCUT2D eigenvalue weighted by Gasteiger charge is -2.45. The molecule has 0 spiro atoms. The first-order valence-electron chi connectivity index (χ1n) is 12.8. The Morgan fingerprint density at radius 3 is 2.44 bits per heavy atom. The number of nitrogens with one attached hydrogen (secondary N) is 1. The second kappa shape index (κ2) is 10.4. The monoisotopic (exact) mass is 493 g/mol. The molecule has 190 valence electrons. The molecule has 1 N–H and O–H groups in total. The van der Waals surface area contributed by atoms with E-state index in [0.717, 1.165) is 37.0 Å². The second-order valence-electron chi connectivity index (χ2n) is 9.94. The van der Waals surface area contributed by atoms with Gasteiger partial charge in [-0.15, -0.1) is 0 Å². The van der Waals surface area contributed by atoms with Crippen LogP contribution in [-0.2, 0) is 11.3 Å². The molecular formula is C28H32FN3O4. The van der Waals surface area contributed by atoms with Gasteiger partial charge in [0.1, 0.15) is 17.6 Å². The molecule has 0 bridgehead atoms. The van der Waals surface area contributed by atoms with Crippen molar-refractivity contribution in [3.63, 3.8) is 0 Å². The number of amides is 3. The van der Waals surface area contributed by atoms with E-state index < -0.39 is 23.7 Å². The molecular weight excluding hydrogens is 461 g/mol. The molecule has 2 aliphatic heterocycles. The van der Waals surface area contributed by atoms with E-state index in [-0.39, 0.29) is 25.0 Å². The molecule has 1 saturated carbocycles. The fraction of sp³-hybridized carbons (Fsp3) is 0.464. The van der Waals surface area contributed by atoms with Gasteiger partial charge in [-0.25, -0.2) is 4.39 Å². The number of carbonyl (C=O) groups excluding carboxylic acids is 3. The Bertz CT molecular complexity index is 1130. The van der Waals surface area contributed by atoms with Gasteiger partial charge in [-0.2, -0.15) is 0 Å². The largest absolute Gasteiger partial charge is 0.497 e. The zero-order valence-corrected chi connectivity index (χ0v) is 20.5. The van der Waals surface area contributed by atoms with Crippen molar-refractivity contribution < 1.29 is 23.5 Å². The molecule has 2 heterocycles. The maximum absolute atomic E-state index is 14.6. The van der Waals surface area contributed by atoms with E-state index in [9.17, 15) is 18.8 Å². The van der Waals surface area contributed by atoms with E-state index in [1.807, 2.05) is 4.90 Å². The third-order valence-electron chi connectivity index (χ3n) is 7.87. The average molecular weight is 494 g/mol. The van der Waals surface area contributed by atoms with Gasteiger partial charge in [-0.3, -0.25) is 19.3 Å². The molecule has 8 heteroatoms. The Morgan fingerprint density at radius 2 is 1.75 bits per heavy atom. The highest BCUT2D eigenvalue weighted by atomic mass is 19.1. The van der Waals surface area contributed by atoms with E-state index in [1.165, 1.54) is 19.6 Å². The minimum atomic E-state index is -0.839. The summed E-state index contributed by atoms with van der Waals surface area (Å²) < 4.78 is 19.7. The van der Waals surface area contributed by atoms with E-state index in [0.29, 0.717) is 34.9 Å². The summed E-state index contributed by atoms with van der Waals surface area (Å²) in [7, 11) is 1.47. The molecule has 2 aromatic rings. The van der Waals surface area contributed by atoms with Crippen molar-refractivity contribution in [1.82, 2.24) is 15.1 Å². The summed E-state index contributed by atoms with van der Waals surface area (Å²) >= 11 is 0. The Hall–Kier alpha value is -3.26. The third kappa shape index (κ3) is 4.62. The summed E-state index contributed by atoms with van der Waals surface area (Å²) in [6.07, 6.45) is 6.46. The number of imide groups is 1. The highest BCUT2D eigenvalue weighted by Gasteiger charge is 2.41. The Kier molecular flexibility index (Phi) is 7.05. The predicted molar refractivity (Wildman–Crippen MR) is 132 cm³/mol. The van der Waals surface area contributed by atoms with Crippen LogP contribution in [0.15, 0.2) is 42.5 Å². The van der Waals surface area contributed by atoms with Crippen molar-refractivity contribution in [2.75, 3.05) is 20.2 Å². The van der Waals surface area contributed by atoms with Crippen LogP contribution in [0.4, 0.5) is 4.39 Å². The zero-order valence-electron chi connectivity index (χ0n) is 20.5. The zero-order chi connectivity index (χ0) is 25.2. The number of hydrogen-bond donors (Lipinski definition) is 1. The molecule has 3 aliphatic rings. The van der Waals surface area contributed by atoms with E-state index in [2.05, 4.69) is 5.32 Å². The van der Waals surface area contributed by atoms with Crippen LogP contribution in [0.2, 0.25) is 0 Å². The van der Waals surface area contributed by atoms with Crippen molar-refractivity contribution in [3.8, 4) is 5.75 Å². The summed E-state index contributed by atoms with van der Waals surface area (Å²) in [5.41, 5.74) is 1.07. The van der Waals surface area contributed by atoms with E-state index >= 15 is 0 Å². The topological polar surface area (TPSA) is 79.0 Å². The maximum Gasteiger partial charge on any atom is 0.261 e. The number of likely N-dealkylation sites (tertiary alicyclic amines) is 1. The fourth-order valence-electron chi connectivity index (χ4n) is 5.95. The van der Waals surface area contributed by atoms with Crippen LogP contribution in [0.1, 0.15) is 64.8 Å². The number of piperidine rings is 1. The Balaban J connectivity index is 1.39. The number of hydrogen-bond acceptors (Lipinski definition) is 5. The van der Waals surface area contributed by atoms with Gasteiger partial charge < -0.3 is 15.0 Å². The van der Waals surface area contributed by atoms with Crippen molar-refractivity contribution in [1.29, 1.82) is 0 Å². The predicted octanol–water partition coefficient (Wildman–Crippen LogP) is 3.77. The summed E-state index contributed by atoms with van der Waals surface area (Å²) in [6.45, 7) is 0.644. The summed E-state index contributed by atoms with van der Waals surface area (Å²) in [4.78, 5) is 43.1. The Labute approximate surface area is 210 Å². The smallest absolute Gasteiger partial charge is 0.261 e. The van der Waals surface area contributed by atoms with Crippen molar-refractivity contribution in [2.24, 2.45) is 5.92 Å². The summed E-state index contributed by atoms with van der Waals surface area (Å²) in [5.74, 6) is -0.474. The number of ether oxygens (including phenoxy) is 1. The number of carbonyl (C=O) groups is 3. The van der Waals surface area contributed by atoms with E-state index in [1.54, 1.807) is 36.4 Å². The summed E-state index contributed by atoms with van der Waals surface area (Å²) in [5, 5.41) is 3.18. The van der Waals surface area contributed by atoms with Gasteiger partial charge in [0.15, 0.2) is 0 Å². The molecule has 3 atom stereocenters. The normalized spacial score (nSPS) is 22.3. The van der Waals surface area contributed by atoms with Crippen LogP contribution in [0.5, 0.6) is 5.75 Å². The number of methoxy groups -OCH3 is 1. The van der Waals surface area contributed by atoms with Crippen molar-refractivity contribution in [3.05, 3.63) is 65.0 Å². The molecule has 1 saturated heterocycles. The molecule has 0 unspecified atom stereocenters.